The Morgan fingerprint density at radius 1 is 0.512 bits per heavy atom. The van der Waals surface area contributed by atoms with E-state index in [1.165, 1.54) is 5.56 Å². The summed E-state index contributed by atoms with van der Waals surface area (Å²) < 4.78 is 261. The number of alkyl halides is 21. The van der Waals surface area contributed by atoms with Crippen molar-refractivity contribution in [2.75, 3.05) is 0 Å². The molecule has 0 spiro atoms. The average Bonchev–Trinajstić information content (AvgIpc) is 2.78. The lowest BCUT2D eigenvalue weighted by Gasteiger charge is -2.43. The van der Waals surface area contributed by atoms with Gasteiger partial charge >= 0.3 is 67.5 Å². The van der Waals surface area contributed by atoms with Crippen LogP contribution in [0.1, 0.15) is 5.56 Å². The lowest BCUT2D eigenvalue weighted by molar-refractivity contribution is -0.453. The van der Waals surface area contributed by atoms with Gasteiger partial charge in [0.2, 0.25) is 0 Å². The number of aryl methyl sites for hydroxylation is 1. The Morgan fingerprint density at radius 2 is 0.780 bits per heavy atom. The zero-order valence-electron chi connectivity index (χ0n) is 18.8. The molecule has 244 valence electrons. The van der Waals surface area contributed by atoms with E-state index in [-0.39, 0.29) is 0 Å². The second kappa shape index (κ2) is 13.5. The number of rotatable bonds is 9. The maximum Gasteiger partial charge on any atom is 0.385 e. The number of hydrogen-bond acceptors (Lipinski definition) is 0. The van der Waals surface area contributed by atoms with E-state index in [2.05, 4.69) is 41.2 Å². The molecule has 0 bridgehead atoms. The molecule has 0 fully saturated rings. The minimum absolute atomic E-state index is 1.32. The molecule has 0 aliphatic carbocycles. The molecule has 41 heavy (non-hydrogen) atoms. The van der Waals surface area contributed by atoms with E-state index in [1.807, 2.05) is 18.2 Å². The van der Waals surface area contributed by atoms with Crippen molar-refractivity contribution in [3.8, 4) is 0 Å². The number of benzene rings is 1. The van der Waals surface area contributed by atoms with Crippen LogP contribution in [0.5, 0.6) is 0 Å². The minimum Gasteiger partial charge on any atom is -0.203 e. The summed E-state index contributed by atoms with van der Waals surface area (Å²) in [5.74, 6) is -58.2. The average molecular weight is 713 g/mol. The maximum absolute atomic E-state index is 13.3. The van der Waals surface area contributed by atoms with E-state index >= 15 is 0 Å². The Morgan fingerprint density at radius 3 is 1.00 bits per heavy atom. The molecule has 0 heterocycles. The Hall–Kier alpha value is -1.45. The van der Waals surface area contributed by atoms with E-state index in [0.717, 1.165) is 0 Å². The Kier molecular flexibility index (Phi) is 13.7. The summed E-state index contributed by atoms with van der Waals surface area (Å²) in [6.45, 7) is -1.58. The fourth-order valence-electron chi connectivity index (χ4n) is 2.02. The summed E-state index contributed by atoms with van der Waals surface area (Å²) in [5.41, 5.74) is -5.37. The maximum atomic E-state index is 13.3. The molecule has 0 radical (unpaired) electrons. The third-order valence-corrected chi connectivity index (χ3v) is 6.85. The Labute approximate surface area is 225 Å². The lowest BCUT2D eigenvalue weighted by atomic mass is 9.89. The van der Waals surface area contributed by atoms with Crippen LogP contribution in [0.15, 0.2) is 30.3 Å². The first-order valence-electron chi connectivity index (χ1n) is 9.29. The normalized spacial score (nSPS) is 14.5. The summed E-state index contributed by atoms with van der Waals surface area (Å²) in [4.78, 5) is 0. The molecule has 0 aromatic heterocycles. The summed E-state index contributed by atoms with van der Waals surface area (Å²) in [5, 5.41) is 0. The minimum atomic E-state index is -8.75. The van der Waals surface area contributed by atoms with Crippen LogP contribution in [0.2, 0.25) is 0 Å². The summed E-state index contributed by atoms with van der Waals surface area (Å²) in [6, 6.07) is 10.3. The lowest BCUT2D eigenvalue weighted by Crippen LogP contribution is -2.75. The van der Waals surface area contributed by atoms with Crippen LogP contribution in [-0.2, 0) is 0 Å². The van der Waals surface area contributed by atoms with Gasteiger partial charge in [-0.15, -0.1) is 22.2 Å². The second-order valence-corrected chi connectivity index (χ2v) is 11.8. The van der Waals surface area contributed by atoms with Crippen molar-refractivity contribution >= 4 is 29.6 Å². The standard InChI is InChI=1S/C9H2Cl2F18Si.C7H8.CHF3/c10-30(11)9(28,29)8(26,27)7(24,25)6(22,23)5(20,21)4(18,19)3(16,17)2(14,15)1(12)13;1-7-5-3-2-4-6-7;2-1(3)4/h1,30H;2-6H,1H3;1H. The van der Waals surface area contributed by atoms with Crippen molar-refractivity contribution < 1.29 is 92.2 Å². The zero-order chi connectivity index (χ0) is 33.8. The summed E-state index contributed by atoms with van der Waals surface area (Å²) >= 11 is 8.48. The third kappa shape index (κ3) is 7.74. The molecule has 0 saturated heterocycles. The van der Waals surface area contributed by atoms with Gasteiger partial charge in [-0.3, -0.25) is 0 Å². The molecule has 0 aliphatic rings. The topological polar surface area (TPSA) is 0 Å². The fourth-order valence-corrected chi connectivity index (χ4v) is 3.29. The van der Waals surface area contributed by atoms with E-state index in [0.29, 0.717) is 0 Å². The van der Waals surface area contributed by atoms with Crippen LogP contribution < -0.4 is 0 Å². The van der Waals surface area contributed by atoms with Gasteiger partial charge in [-0.25, -0.2) is 17.6 Å². The van der Waals surface area contributed by atoms with Gasteiger partial charge in [0, 0.05) is 0 Å². The molecular weight excluding hydrogens is 702 g/mol. The van der Waals surface area contributed by atoms with Crippen LogP contribution in [-0.4, -0.2) is 67.5 Å². The van der Waals surface area contributed by atoms with E-state index < -0.39 is 67.5 Å². The highest BCUT2D eigenvalue weighted by Crippen LogP contribution is 2.64. The first kappa shape index (κ1) is 41.7. The van der Waals surface area contributed by atoms with E-state index in [9.17, 15) is 92.2 Å². The van der Waals surface area contributed by atoms with Gasteiger partial charge in [-0.2, -0.15) is 74.6 Å². The fraction of sp³-hybridized carbons (Fsp3) is 0.647. The monoisotopic (exact) mass is 712 g/mol. The molecular formula is C17H11Cl2F21Si. The summed E-state index contributed by atoms with van der Waals surface area (Å²) in [7, 11) is -5.60. The van der Waals surface area contributed by atoms with Gasteiger partial charge in [0.05, 0.1) is 0 Å². The molecule has 24 heteroatoms. The predicted molar refractivity (Wildman–Crippen MR) is 103 cm³/mol. The molecule has 0 unspecified atom stereocenters. The van der Waals surface area contributed by atoms with Gasteiger partial charge in [-0.1, -0.05) is 35.9 Å². The largest absolute Gasteiger partial charge is 0.385 e. The molecule has 0 amide bonds. The SMILES string of the molecule is Cc1ccccc1.FC(F)C(F)(F)C(F)(F)C(F)(F)C(F)(F)C(F)(F)C(F)(F)C(F)(F)C(F)(F)[SiH](Cl)Cl.FC(F)F. The van der Waals surface area contributed by atoms with Crippen molar-refractivity contribution in [1.29, 1.82) is 0 Å². The van der Waals surface area contributed by atoms with Gasteiger partial charge in [0.1, 0.15) is 0 Å². The Balaban J connectivity index is 0. The zero-order valence-corrected chi connectivity index (χ0v) is 21.5. The second-order valence-electron chi connectivity index (χ2n) is 7.20. The van der Waals surface area contributed by atoms with Crippen LogP contribution in [0, 0.1) is 6.92 Å². The van der Waals surface area contributed by atoms with Crippen LogP contribution >= 0.6 is 22.2 Å². The smallest absolute Gasteiger partial charge is 0.203 e. The summed E-state index contributed by atoms with van der Waals surface area (Å²) in [6.07, 6.45) is -5.99. The van der Waals surface area contributed by atoms with Crippen LogP contribution in [0.4, 0.5) is 92.2 Å². The van der Waals surface area contributed by atoms with Gasteiger partial charge in [0.25, 0.3) is 0 Å². The van der Waals surface area contributed by atoms with Gasteiger partial charge in [0.15, 0.2) is 0 Å². The third-order valence-electron chi connectivity index (χ3n) is 4.30. The van der Waals surface area contributed by atoms with E-state index in [4.69, 9.17) is 0 Å². The Bertz CT molecular complexity index is 878. The molecule has 0 saturated carbocycles. The highest BCUT2D eigenvalue weighted by atomic mass is 35.7. The highest BCUT2D eigenvalue weighted by Gasteiger charge is 2.95. The number of hydrogen-bond donors (Lipinski definition) is 0. The quantitative estimate of drug-likeness (QED) is 0.136. The first-order chi connectivity index (χ1) is 17.8. The van der Waals surface area contributed by atoms with Crippen LogP contribution in [0.3, 0.4) is 0 Å². The predicted octanol–water partition coefficient (Wildman–Crippen LogP) is 9.74. The van der Waals surface area contributed by atoms with Crippen molar-refractivity contribution in [2.45, 2.75) is 67.0 Å². The first-order valence-corrected chi connectivity index (χ1v) is 13.4. The van der Waals surface area contributed by atoms with E-state index in [1.54, 1.807) is 0 Å². The molecule has 0 N–H and O–H groups in total. The molecule has 0 atom stereocenters. The van der Waals surface area contributed by atoms with Crippen LogP contribution in [0.25, 0.3) is 0 Å². The van der Waals surface area contributed by atoms with Gasteiger partial charge in [-0.05, 0) is 6.92 Å². The molecule has 1 aromatic carbocycles. The van der Waals surface area contributed by atoms with Crippen molar-refractivity contribution in [2.24, 2.45) is 0 Å². The highest BCUT2D eigenvalue weighted by molar-refractivity contribution is 7.34. The van der Waals surface area contributed by atoms with Crippen molar-refractivity contribution in [1.82, 2.24) is 0 Å². The number of halogens is 23. The molecule has 0 nitrogen and oxygen atoms in total. The van der Waals surface area contributed by atoms with Gasteiger partial charge < -0.3 is 0 Å². The van der Waals surface area contributed by atoms with Crippen molar-refractivity contribution in [3.05, 3.63) is 35.9 Å². The molecule has 0 aliphatic heterocycles. The molecule has 1 rings (SSSR count). The van der Waals surface area contributed by atoms with Crippen molar-refractivity contribution in [3.63, 3.8) is 0 Å². The molecule has 1 aromatic rings.